The number of pyridine rings is 1. The molecule has 1 aromatic heterocycles. The van der Waals surface area contributed by atoms with Crippen LogP contribution in [0, 0.1) is 6.92 Å². The summed E-state index contributed by atoms with van der Waals surface area (Å²) in [5.41, 5.74) is 6.34. The fourth-order valence-corrected chi connectivity index (χ4v) is 3.40. The molecule has 0 aliphatic carbocycles. The van der Waals surface area contributed by atoms with E-state index in [-0.39, 0.29) is 5.54 Å². The molecule has 0 saturated heterocycles. The van der Waals surface area contributed by atoms with Crippen LogP contribution in [0.3, 0.4) is 0 Å². The van der Waals surface area contributed by atoms with E-state index in [1.807, 2.05) is 12.4 Å². The van der Waals surface area contributed by atoms with Crippen molar-refractivity contribution in [2.24, 2.45) is 0 Å². The second-order valence-electron chi connectivity index (χ2n) is 6.67. The maximum atomic E-state index is 4.48. The smallest absolute Gasteiger partial charge is 0.0812 e. The SMILES string of the molecule is Cc1ccccc1C1(C)C=Cc2c(C(C)C)cncc2N1C. The van der Waals surface area contributed by atoms with Crippen LogP contribution in [-0.2, 0) is 5.54 Å². The molecule has 0 fully saturated rings. The van der Waals surface area contributed by atoms with Crippen molar-refractivity contribution in [2.75, 3.05) is 11.9 Å². The quantitative estimate of drug-likeness (QED) is 0.783. The van der Waals surface area contributed by atoms with Gasteiger partial charge in [-0.05, 0) is 36.5 Å². The molecule has 1 aromatic carbocycles. The molecule has 1 atom stereocenters. The largest absolute Gasteiger partial charge is 0.360 e. The van der Waals surface area contributed by atoms with E-state index in [1.165, 1.54) is 27.9 Å². The Balaban J connectivity index is 2.16. The number of fused-ring (bicyclic) bond motifs is 1. The van der Waals surface area contributed by atoms with E-state index >= 15 is 0 Å². The number of anilines is 1. The Hall–Kier alpha value is -2.09. The van der Waals surface area contributed by atoms with E-state index in [0.29, 0.717) is 5.92 Å². The van der Waals surface area contributed by atoms with E-state index in [2.05, 4.69) is 81.0 Å². The first-order chi connectivity index (χ1) is 10.4. The monoisotopic (exact) mass is 292 g/mol. The Bertz CT molecular complexity index is 730. The molecule has 2 heterocycles. The molecule has 1 unspecified atom stereocenters. The van der Waals surface area contributed by atoms with Gasteiger partial charge in [-0.15, -0.1) is 0 Å². The van der Waals surface area contributed by atoms with Gasteiger partial charge in [0.15, 0.2) is 0 Å². The van der Waals surface area contributed by atoms with Gasteiger partial charge in [0.05, 0.1) is 17.4 Å². The predicted octanol–water partition coefficient (Wildman–Crippen LogP) is 4.89. The molecule has 2 aromatic rings. The number of hydrogen-bond acceptors (Lipinski definition) is 2. The molecule has 1 aliphatic heterocycles. The van der Waals surface area contributed by atoms with Crippen LogP contribution in [0.2, 0.25) is 0 Å². The molecule has 0 saturated carbocycles. The summed E-state index contributed by atoms with van der Waals surface area (Å²) in [5.74, 6) is 0.475. The van der Waals surface area contributed by atoms with Gasteiger partial charge in [-0.25, -0.2) is 0 Å². The predicted molar refractivity (Wildman–Crippen MR) is 94.3 cm³/mol. The Morgan fingerprint density at radius 2 is 1.86 bits per heavy atom. The fraction of sp³-hybridized carbons (Fsp3) is 0.350. The molecule has 22 heavy (non-hydrogen) atoms. The lowest BCUT2D eigenvalue weighted by atomic mass is 9.82. The van der Waals surface area contributed by atoms with Crippen molar-refractivity contribution >= 4 is 11.8 Å². The van der Waals surface area contributed by atoms with E-state index in [1.54, 1.807) is 0 Å². The highest BCUT2D eigenvalue weighted by molar-refractivity contribution is 5.76. The molecule has 114 valence electrons. The van der Waals surface area contributed by atoms with Gasteiger partial charge in [0.2, 0.25) is 0 Å². The van der Waals surface area contributed by atoms with Crippen molar-refractivity contribution in [3.8, 4) is 0 Å². The second-order valence-corrected chi connectivity index (χ2v) is 6.67. The van der Waals surface area contributed by atoms with Crippen LogP contribution < -0.4 is 4.90 Å². The minimum atomic E-state index is -0.143. The third kappa shape index (κ3) is 2.14. The van der Waals surface area contributed by atoms with Gasteiger partial charge in [-0.3, -0.25) is 4.98 Å². The van der Waals surface area contributed by atoms with Crippen LogP contribution in [0.15, 0.2) is 42.7 Å². The van der Waals surface area contributed by atoms with E-state index in [0.717, 1.165) is 0 Å². The Kier molecular flexibility index (Phi) is 3.56. The average molecular weight is 292 g/mol. The summed E-state index contributed by atoms with van der Waals surface area (Å²) in [6.45, 7) is 8.90. The third-order valence-corrected chi connectivity index (χ3v) is 4.94. The van der Waals surface area contributed by atoms with Crippen LogP contribution in [-0.4, -0.2) is 12.0 Å². The van der Waals surface area contributed by atoms with Crippen molar-refractivity contribution in [1.82, 2.24) is 4.98 Å². The highest BCUT2D eigenvalue weighted by atomic mass is 15.2. The molecular weight excluding hydrogens is 268 g/mol. The van der Waals surface area contributed by atoms with E-state index in [9.17, 15) is 0 Å². The second kappa shape index (κ2) is 5.28. The van der Waals surface area contributed by atoms with Crippen molar-refractivity contribution in [1.29, 1.82) is 0 Å². The first-order valence-electron chi connectivity index (χ1n) is 7.92. The van der Waals surface area contributed by atoms with Gasteiger partial charge < -0.3 is 4.90 Å². The van der Waals surface area contributed by atoms with Crippen molar-refractivity contribution in [3.05, 3.63) is 65.0 Å². The van der Waals surface area contributed by atoms with Crippen LogP contribution in [0.25, 0.3) is 6.08 Å². The number of hydrogen-bond donors (Lipinski definition) is 0. The lowest BCUT2D eigenvalue weighted by Gasteiger charge is -2.43. The first kappa shape index (κ1) is 14.8. The summed E-state index contributed by atoms with van der Waals surface area (Å²) in [5, 5.41) is 0. The zero-order chi connectivity index (χ0) is 15.9. The van der Waals surface area contributed by atoms with Gasteiger partial charge in [-0.1, -0.05) is 50.3 Å². The first-order valence-corrected chi connectivity index (χ1v) is 7.92. The standard InChI is InChI=1S/C20H24N2/c1-14(2)17-12-21-13-19-16(17)10-11-20(4,22(19)5)18-9-7-6-8-15(18)3/h6-14H,1-5H3. The normalized spacial score (nSPS) is 20.4. The Labute approximate surface area is 133 Å². The molecule has 0 bridgehead atoms. The Morgan fingerprint density at radius 1 is 1.14 bits per heavy atom. The molecule has 1 aliphatic rings. The summed E-state index contributed by atoms with van der Waals surface area (Å²) in [6, 6.07) is 8.62. The fourth-order valence-electron chi connectivity index (χ4n) is 3.40. The van der Waals surface area contributed by atoms with Gasteiger partial charge in [-0.2, -0.15) is 0 Å². The number of aryl methyl sites for hydroxylation is 1. The maximum absolute atomic E-state index is 4.48. The zero-order valence-corrected chi connectivity index (χ0v) is 14.1. The van der Waals surface area contributed by atoms with Crippen LogP contribution in [0.5, 0.6) is 0 Å². The summed E-state index contributed by atoms with van der Waals surface area (Å²) in [6.07, 6.45) is 8.58. The molecule has 0 N–H and O–H groups in total. The molecule has 2 heteroatoms. The topological polar surface area (TPSA) is 16.1 Å². The summed E-state index contributed by atoms with van der Waals surface area (Å²) in [4.78, 5) is 6.83. The minimum Gasteiger partial charge on any atom is -0.360 e. The van der Waals surface area contributed by atoms with Crippen molar-refractivity contribution in [2.45, 2.75) is 39.2 Å². The number of benzene rings is 1. The third-order valence-electron chi connectivity index (χ3n) is 4.94. The van der Waals surface area contributed by atoms with Crippen molar-refractivity contribution < 1.29 is 0 Å². The van der Waals surface area contributed by atoms with Gasteiger partial charge in [0, 0.05) is 18.8 Å². The molecule has 0 amide bonds. The zero-order valence-electron chi connectivity index (χ0n) is 14.1. The number of rotatable bonds is 2. The highest BCUT2D eigenvalue weighted by Gasteiger charge is 2.34. The van der Waals surface area contributed by atoms with Crippen LogP contribution in [0.1, 0.15) is 48.9 Å². The number of likely N-dealkylation sites (N-methyl/N-ethyl adjacent to an activating group) is 1. The summed E-state index contributed by atoms with van der Waals surface area (Å²) >= 11 is 0. The minimum absolute atomic E-state index is 0.143. The van der Waals surface area contributed by atoms with Gasteiger partial charge in [0.25, 0.3) is 0 Å². The molecule has 2 nitrogen and oxygen atoms in total. The lowest BCUT2D eigenvalue weighted by molar-refractivity contribution is 0.572. The number of nitrogens with zero attached hydrogens (tertiary/aromatic N) is 2. The summed E-state index contributed by atoms with van der Waals surface area (Å²) in [7, 11) is 2.17. The van der Waals surface area contributed by atoms with Crippen LogP contribution >= 0.6 is 0 Å². The number of aromatic nitrogens is 1. The van der Waals surface area contributed by atoms with Crippen LogP contribution in [0.4, 0.5) is 5.69 Å². The molecule has 0 spiro atoms. The molecule has 0 radical (unpaired) electrons. The lowest BCUT2D eigenvalue weighted by Crippen LogP contribution is -2.42. The summed E-state index contributed by atoms with van der Waals surface area (Å²) < 4.78 is 0. The van der Waals surface area contributed by atoms with Gasteiger partial charge >= 0.3 is 0 Å². The van der Waals surface area contributed by atoms with Gasteiger partial charge in [0.1, 0.15) is 0 Å². The maximum Gasteiger partial charge on any atom is 0.0812 e. The highest BCUT2D eigenvalue weighted by Crippen LogP contribution is 2.42. The van der Waals surface area contributed by atoms with Crippen molar-refractivity contribution in [3.63, 3.8) is 0 Å². The Morgan fingerprint density at radius 3 is 2.55 bits per heavy atom. The van der Waals surface area contributed by atoms with E-state index < -0.39 is 0 Å². The molecule has 3 rings (SSSR count). The average Bonchev–Trinajstić information content (AvgIpc) is 2.51. The molecular formula is C20H24N2. The van der Waals surface area contributed by atoms with E-state index in [4.69, 9.17) is 0 Å².